The number of hydrogen-bond acceptors (Lipinski definition) is 1. The molecule has 0 aliphatic heterocycles. The van der Waals surface area contributed by atoms with Gasteiger partial charge in [0.2, 0.25) is 5.78 Å². The van der Waals surface area contributed by atoms with E-state index in [1.165, 1.54) is 0 Å². The van der Waals surface area contributed by atoms with Crippen molar-refractivity contribution < 1.29 is 18.0 Å². The average molecular weight is 214 g/mol. The van der Waals surface area contributed by atoms with Crippen molar-refractivity contribution >= 4 is 5.78 Å². The van der Waals surface area contributed by atoms with Crippen molar-refractivity contribution in [2.45, 2.75) is 18.5 Å². The third-order valence-electron chi connectivity index (χ3n) is 2.63. The summed E-state index contributed by atoms with van der Waals surface area (Å²) in [4.78, 5) is 10.9. The Morgan fingerprint density at radius 2 is 1.80 bits per heavy atom. The van der Waals surface area contributed by atoms with Crippen LogP contribution >= 0.6 is 0 Å². The van der Waals surface area contributed by atoms with Crippen LogP contribution in [-0.2, 0) is 4.79 Å². The van der Waals surface area contributed by atoms with Crippen LogP contribution in [0.15, 0.2) is 30.3 Å². The molecule has 1 nitrogen and oxygen atoms in total. The summed E-state index contributed by atoms with van der Waals surface area (Å²) in [7, 11) is 0. The molecule has 0 heterocycles. The fraction of sp³-hybridized carbons (Fsp3) is 0.364. The van der Waals surface area contributed by atoms with Crippen LogP contribution in [0.3, 0.4) is 0 Å². The summed E-state index contributed by atoms with van der Waals surface area (Å²) in [5, 5.41) is 0. The lowest BCUT2D eigenvalue weighted by molar-refractivity contribution is -0.172. The first-order valence-corrected chi connectivity index (χ1v) is 4.66. The van der Waals surface area contributed by atoms with Gasteiger partial charge in [-0.05, 0) is 17.9 Å². The Labute approximate surface area is 84.9 Å². The molecule has 1 aromatic carbocycles. The predicted molar refractivity (Wildman–Crippen MR) is 48.4 cm³/mol. The molecular formula is C11H9F3O. The molecule has 80 valence electrons. The SMILES string of the molecule is O=C(C1CC1c1ccccc1)C(F)(F)F. The third-order valence-corrected chi connectivity index (χ3v) is 2.63. The molecular weight excluding hydrogens is 205 g/mol. The summed E-state index contributed by atoms with van der Waals surface area (Å²) in [6.07, 6.45) is -4.36. The van der Waals surface area contributed by atoms with Gasteiger partial charge >= 0.3 is 6.18 Å². The van der Waals surface area contributed by atoms with E-state index in [0.717, 1.165) is 5.56 Å². The van der Waals surface area contributed by atoms with E-state index in [2.05, 4.69) is 0 Å². The van der Waals surface area contributed by atoms with Crippen molar-refractivity contribution in [3.8, 4) is 0 Å². The molecule has 1 aromatic rings. The monoisotopic (exact) mass is 214 g/mol. The number of alkyl halides is 3. The molecule has 2 atom stereocenters. The third kappa shape index (κ3) is 2.03. The van der Waals surface area contributed by atoms with E-state index in [1.54, 1.807) is 30.3 Å². The van der Waals surface area contributed by atoms with Crippen molar-refractivity contribution in [2.75, 3.05) is 0 Å². The molecule has 2 rings (SSSR count). The Bertz CT molecular complexity index is 369. The first-order valence-electron chi connectivity index (χ1n) is 4.66. The number of rotatable bonds is 2. The lowest BCUT2D eigenvalue weighted by Crippen LogP contribution is -2.24. The van der Waals surface area contributed by atoms with Crippen LogP contribution in [-0.4, -0.2) is 12.0 Å². The molecule has 0 radical (unpaired) electrons. The molecule has 1 saturated carbocycles. The molecule has 0 N–H and O–H groups in total. The molecule has 1 fully saturated rings. The van der Waals surface area contributed by atoms with Crippen molar-refractivity contribution in [1.82, 2.24) is 0 Å². The fourth-order valence-electron chi connectivity index (χ4n) is 1.76. The highest BCUT2D eigenvalue weighted by Gasteiger charge is 2.54. The maximum atomic E-state index is 12.1. The van der Waals surface area contributed by atoms with Gasteiger partial charge < -0.3 is 0 Å². The van der Waals surface area contributed by atoms with Gasteiger partial charge in [-0.2, -0.15) is 13.2 Å². The van der Waals surface area contributed by atoms with Crippen LogP contribution in [0.25, 0.3) is 0 Å². The average Bonchev–Trinajstić information content (AvgIpc) is 2.96. The quantitative estimate of drug-likeness (QED) is 0.739. The molecule has 0 aromatic heterocycles. The normalized spacial score (nSPS) is 25.0. The molecule has 1 aliphatic carbocycles. The zero-order valence-electron chi connectivity index (χ0n) is 7.79. The second kappa shape index (κ2) is 3.36. The van der Waals surface area contributed by atoms with E-state index in [1.807, 2.05) is 0 Å². The highest BCUT2D eigenvalue weighted by atomic mass is 19.4. The molecule has 15 heavy (non-hydrogen) atoms. The van der Waals surface area contributed by atoms with Crippen molar-refractivity contribution in [1.29, 1.82) is 0 Å². The minimum absolute atomic E-state index is 0.236. The van der Waals surface area contributed by atoms with Gasteiger partial charge in [-0.3, -0.25) is 4.79 Å². The molecule has 0 amide bonds. The summed E-state index contributed by atoms with van der Waals surface area (Å²) >= 11 is 0. The lowest BCUT2D eigenvalue weighted by atomic mass is 10.1. The van der Waals surface area contributed by atoms with Crippen LogP contribution in [0.2, 0.25) is 0 Å². The van der Waals surface area contributed by atoms with E-state index < -0.39 is 17.9 Å². The molecule has 1 aliphatic rings. The van der Waals surface area contributed by atoms with Crippen LogP contribution in [0, 0.1) is 5.92 Å². The predicted octanol–water partition coefficient (Wildman–Crippen LogP) is 2.92. The number of hydrogen-bond donors (Lipinski definition) is 0. The Balaban J connectivity index is 2.06. The van der Waals surface area contributed by atoms with Crippen LogP contribution < -0.4 is 0 Å². The summed E-state index contributed by atoms with van der Waals surface area (Å²) in [6.45, 7) is 0. The fourth-order valence-corrected chi connectivity index (χ4v) is 1.76. The molecule has 0 spiro atoms. The van der Waals surface area contributed by atoms with Crippen molar-refractivity contribution in [3.63, 3.8) is 0 Å². The smallest absolute Gasteiger partial charge is 0.289 e. The summed E-state index contributed by atoms with van der Waals surface area (Å²) in [6, 6.07) is 8.85. The molecule has 2 unspecified atom stereocenters. The zero-order chi connectivity index (χ0) is 11.1. The van der Waals surface area contributed by atoms with Gasteiger partial charge in [0.15, 0.2) is 0 Å². The Hall–Kier alpha value is -1.32. The number of benzene rings is 1. The van der Waals surface area contributed by atoms with Gasteiger partial charge in [0.1, 0.15) is 0 Å². The van der Waals surface area contributed by atoms with Gasteiger partial charge in [-0.25, -0.2) is 0 Å². The number of Topliss-reactive ketones (excluding diaryl/α,β-unsaturated/α-hetero) is 1. The summed E-state index contributed by atoms with van der Waals surface area (Å²) in [5.41, 5.74) is 0.820. The van der Waals surface area contributed by atoms with Crippen LogP contribution in [0.1, 0.15) is 17.9 Å². The molecule has 0 bridgehead atoms. The van der Waals surface area contributed by atoms with E-state index in [-0.39, 0.29) is 5.92 Å². The Kier molecular flexibility index (Phi) is 2.29. The number of carbonyl (C=O) groups excluding carboxylic acids is 1. The van der Waals surface area contributed by atoms with E-state index in [9.17, 15) is 18.0 Å². The largest absolute Gasteiger partial charge is 0.450 e. The Morgan fingerprint density at radius 3 is 2.33 bits per heavy atom. The number of carbonyl (C=O) groups is 1. The number of ketones is 1. The lowest BCUT2D eigenvalue weighted by Gasteiger charge is -2.04. The van der Waals surface area contributed by atoms with E-state index in [4.69, 9.17) is 0 Å². The first kappa shape index (κ1) is 10.2. The van der Waals surface area contributed by atoms with Crippen molar-refractivity contribution in [2.24, 2.45) is 5.92 Å². The highest BCUT2D eigenvalue weighted by Crippen LogP contribution is 2.50. The number of halogens is 3. The van der Waals surface area contributed by atoms with E-state index in [0.29, 0.717) is 6.42 Å². The molecule has 4 heteroatoms. The van der Waals surface area contributed by atoms with Gasteiger partial charge in [-0.1, -0.05) is 30.3 Å². The Morgan fingerprint density at radius 1 is 1.20 bits per heavy atom. The minimum atomic E-state index is -4.69. The van der Waals surface area contributed by atoms with Gasteiger partial charge in [0.25, 0.3) is 0 Å². The zero-order valence-corrected chi connectivity index (χ0v) is 7.79. The standard InChI is InChI=1S/C11H9F3O/c12-11(13,14)10(15)9-6-8(9)7-4-2-1-3-5-7/h1-5,8-9H,6H2. The maximum absolute atomic E-state index is 12.1. The second-order valence-corrected chi connectivity index (χ2v) is 3.72. The summed E-state index contributed by atoms with van der Waals surface area (Å²) < 4.78 is 36.2. The first-order chi connectivity index (χ1) is 7.00. The maximum Gasteiger partial charge on any atom is 0.450 e. The summed E-state index contributed by atoms with van der Waals surface area (Å²) in [5.74, 6) is -2.68. The molecule has 0 saturated heterocycles. The van der Waals surface area contributed by atoms with Gasteiger partial charge in [0.05, 0.1) is 0 Å². The second-order valence-electron chi connectivity index (χ2n) is 3.72. The van der Waals surface area contributed by atoms with Crippen LogP contribution in [0.4, 0.5) is 13.2 Å². The van der Waals surface area contributed by atoms with Gasteiger partial charge in [-0.15, -0.1) is 0 Å². The topological polar surface area (TPSA) is 17.1 Å². The van der Waals surface area contributed by atoms with Crippen LogP contribution in [0.5, 0.6) is 0 Å². The van der Waals surface area contributed by atoms with Crippen molar-refractivity contribution in [3.05, 3.63) is 35.9 Å². The minimum Gasteiger partial charge on any atom is -0.289 e. The highest BCUT2D eigenvalue weighted by molar-refractivity contribution is 5.89. The van der Waals surface area contributed by atoms with E-state index >= 15 is 0 Å². The van der Waals surface area contributed by atoms with Gasteiger partial charge in [0, 0.05) is 5.92 Å².